The van der Waals surface area contributed by atoms with Gasteiger partial charge < -0.3 is 0 Å². The molecule has 0 N–H and O–H groups in total. The van der Waals surface area contributed by atoms with E-state index in [1.54, 1.807) is 0 Å². The summed E-state index contributed by atoms with van der Waals surface area (Å²) in [4.78, 5) is 0. The van der Waals surface area contributed by atoms with Crippen LogP contribution in [0.25, 0.3) is 0 Å². The van der Waals surface area contributed by atoms with Crippen molar-refractivity contribution in [3.05, 3.63) is 35.9 Å². The number of hydrogen-bond acceptors (Lipinski definition) is 0. The van der Waals surface area contributed by atoms with Gasteiger partial charge in [0.1, 0.15) is 0 Å². The fourth-order valence-corrected chi connectivity index (χ4v) is 1.58. The second kappa shape index (κ2) is 9.40. The molecule has 0 aliphatic heterocycles. The van der Waals surface area contributed by atoms with Crippen molar-refractivity contribution >= 4 is 0 Å². The molecular formula is C13H20Zn. The van der Waals surface area contributed by atoms with Gasteiger partial charge in [-0.3, -0.25) is 0 Å². The van der Waals surface area contributed by atoms with E-state index in [0.717, 1.165) is 0 Å². The standard InChI is InChI=1S/C13H20.Zn/c1-2-3-4-5-7-10-13-11-8-6-9-12-13;/h6,8-9,11-12H,2-5,7,10H2,1H3;. The summed E-state index contributed by atoms with van der Waals surface area (Å²) in [5.74, 6) is 0. The predicted octanol–water partition coefficient (Wildman–Crippen LogP) is 4.20. The summed E-state index contributed by atoms with van der Waals surface area (Å²) in [5.41, 5.74) is 1.49. The van der Waals surface area contributed by atoms with Gasteiger partial charge in [0.2, 0.25) is 0 Å². The van der Waals surface area contributed by atoms with Gasteiger partial charge >= 0.3 is 0 Å². The van der Waals surface area contributed by atoms with Crippen LogP contribution in [0.1, 0.15) is 44.6 Å². The van der Waals surface area contributed by atoms with E-state index >= 15 is 0 Å². The first-order valence-corrected chi connectivity index (χ1v) is 5.47. The maximum Gasteiger partial charge on any atom is 0 e. The van der Waals surface area contributed by atoms with Gasteiger partial charge in [0, 0.05) is 19.5 Å². The summed E-state index contributed by atoms with van der Waals surface area (Å²) >= 11 is 0. The zero-order valence-corrected chi connectivity index (χ0v) is 12.3. The van der Waals surface area contributed by atoms with Crippen molar-refractivity contribution in [1.29, 1.82) is 0 Å². The van der Waals surface area contributed by atoms with Gasteiger partial charge in [-0.2, -0.15) is 0 Å². The number of hydrogen-bond donors (Lipinski definition) is 0. The fraction of sp³-hybridized carbons (Fsp3) is 0.538. The quantitative estimate of drug-likeness (QED) is 0.517. The Morgan fingerprint density at radius 3 is 2.14 bits per heavy atom. The number of unbranched alkanes of at least 4 members (excludes halogenated alkanes) is 4. The first-order chi connectivity index (χ1) is 6.43. The SMILES string of the molecule is CCCCCCCc1ccccc1.[Zn]. The van der Waals surface area contributed by atoms with E-state index in [4.69, 9.17) is 0 Å². The van der Waals surface area contributed by atoms with Crippen LogP contribution in [-0.4, -0.2) is 0 Å². The molecule has 0 aromatic heterocycles. The second-order valence-corrected chi connectivity index (χ2v) is 3.65. The molecule has 1 aromatic carbocycles. The van der Waals surface area contributed by atoms with Crippen LogP contribution in [0, 0.1) is 0 Å². The molecule has 0 unspecified atom stereocenters. The number of rotatable bonds is 6. The van der Waals surface area contributed by atoms with E-state index in [2.05, 4.69) is 37.3 Å². The number of aryl methyl sites for hydroxylation is 1. The third-order valence-electron chi connectivity index (χ3n) is 2.41. The van der Waals surface area contributed by atoms with Gasteiger partial charge in [-0.05, 0) is 18.4 Å². The van der Waals surface area contributed by atoms with E-state index in [1.807, 2.05) is 0 Å². The zero-order chi connectivity index (χ0) is 9.36. The average molecular weight is 242 g/mol. The molecule has 0 aliphatic carbocycles. The summed E-state index contributed by atoms with van der Waals surface area (Å²) < 4.78 is 0. The average Bonchev–Trinajstić information content (AvgIpc) is 2.19. The first kappa shape index (κ1) is 13.8. The maximum absolute atomic E-state index is 2.26. The third kappa shape index (κ3) is 6.32. The van der Waals surface area contributed by atoms with Crippen LogP contribution in [0.3, 0.4) is 0 Å². The minimum absolute atomic E-state index is 0. The van der Waals surface area contributed by atoms with Crippen molar-refractivity contribution in [2.24, 2.45) is 0 Å². The molecule has 0 spiro atoms. The number of benzene rings is 1. The fourth-order valence-electron chi connectivity index (χ4n) is 1.58. The van der Waals surface area contributed by atoms with Crippen LogP contribution in [-0.2, 0) is 25.9 Å². The normalized spacial score (nSPS) is 9.50. The molecule has 1 heteroatoms. The van der Waals surface area contributed by atoms with Crippen molar-refractivity contribution in [2.75, 3.05) is 0 Å². The molecule has 0 bridgehead atoms. The summed E-state index contributed by atoms with van der Waals surface area (Å²) in [6.45, 7) is 2.26. The van der Waals surface area contributed by atoms with Gasteiger partial charge in [0.15, 0.2) is 0 Å². The largest absolute Gasteiger partial charge is 0.0654 e. The van der Waals surface area contributed by atoms with Gasteiger partial charge in [-0.15, -0.1) is 0 Å². The van der Waals surface area contributed by atoms with E-state index in [-0.39, 0.29) is 19.5 Å². The summed E-state index contributed by atoms with van der Waals surface area (Å²) in [5, 5.41) is 0. The van der Waals surface area contributed by atoms with Crippen molar-refractivity contribution in [3.63, 3.8) is 0 Å². The van der Waals surface area contributed by atoms with E-state index < -0.39 is 0 Å². The molecule has 0 heterocycles. The zero-order valence-electron chi connectivity index (χ0n) is 9.34. The first-order valence-electron chi connectivity index (χ1n) is 5.47. The van der Waals surface area contributed by atoms with Gasteiger partial charge in [-0.25, -0.2) is 0 Å². The van der Waals surface area contributed by atoms with Crippen LogP contribution in [0.2, 0.25) is 0 Å². The molecule has 14 heavy (non-hydrogen) atoms. The third-order valence-corrected chi connectivity index (χ3v) is 2.41. The predicted molar refractivity (Wildman–Crippen MR) is 58.9 cm³/mol. The van der Waals surface area contributed by atoms with Crippen molar-refractivity contribution in [3.8, 4) is 0 Å². The molecule has 0 fully saturated rings. The molecule has 0 atom stereocenters. The maximum atomic E-state index is 2.26. The topological polar surface area (TPSA) is 0 Å². The summed E-state index contributed by atoms with van der Waals surface area (Å²) in [6, 6.07) is 10.8. The molecule has 0 saturated heterocycles. The Balaban J connectivity index is 0.00000169. The monoisotopic (exact) mass is 240 g/mol. The Labute approximate surface area is 101 Å². The van der Waals surface area contributed by atoms with Crippen molar-refractivity contribution in [2.45, 2.75) is 45.4 Å². The second-order valence-electron chi connectivity index (χ2n) is 3.65. The van der Waals surface area contributed by atoms with Gasteiger partial charge in [0.25, 0.3) is 0 Å². The smallest absolute Gasteiger partial charge is 0 e. The molecule has 0 aliphatic rings. The molecule has 0 amide bonds. The Hall–Kier alpha value is -0.157. The molecule has 1 aromatic rings. The molecule has 1 rings (SSSR count). The van der Waals surface area contributed by atoms with Crippen LogP contribution in [0.15, 0.2) is 30.3 Å². The Morgan fingerprint density at radius 1 is 0.857 bits per heavy atom. The molecule has 0 radical (unpaired) electrons. The Kier molecular flexibility index (Phi) is 9.30. The van der Waals surface area contributed by atoms with E-state index in [1.165, 1.54) is 44.1 Å². The summed E-state index contributed by atoms with van der Waals surface area (Å²) in [6.07, 6.45) is 8.14. The summed E-state index contributed by atoms with van der Waals surface area (Å²) in [7, 11) is 0. The molecule has 74 valence electrons. The van der Waals surface area contributed by atoms with E-state index in [9.17, 15) is 0 Å². The van der Waals surface area contributed by atoms with E-state index in [0.29, 0.717) is 0 Å². The van der Waals surface area contributed by atoms with Crippen LogP contribution in [0.5, 0.6) is 0 Å². The molecule has 0 nitrogen and oxygen atoms in total. The molecular weight excluding hydrogens is 222 g/mol. The minimum atomic E-state index is 0. The van der Waals surface area contributed by atoms with Crippen LogP contribution >= 0.6 is 0 Å². The van der Waals surface area contributed by atoms with Gasteiger partial charge in [0.05, 0.1) is 0 Å². The Bertz CT molecular complexity index is 206. The van der Waals surface area contributed by atoms with Crippen molar-refractivity contribution < 1.29 is 19.5 Å². The Morgan fingerprint density at radius 2 is 1.50 bits per heavy atom. The van der Waals surface area contributed by atoms with Crippen LogP contribution in [0.4, 0.5) is 0 Å². The van der Waals surface area contributed by atoms with Gasteiger partial charge in [-0.1, -0.05) is 62.9 Å². The van der Waals surface area contributed by atoms with Crippen molar-refractivity contribution in [1.82, 2.24) is 0 Å². The molecule has 0 saturated carbocycles. The minimum Gasteiger partial charge on any atom is -0.0654 e. The van der Waals surface area contributed by atoms with Crippen LogP contribution < -0.4 is 0 Å².